The number of benzene rings is 2. The molecule has 0 aromatic heterocycles. The molecule has 98 valence electrons. The number of hydrogen-bond acceptors (Lipinski definition) is 2. The van der Waals surface area contributed by atoms with Crippen LogP contribution < -0.4 is 10.5 Å². The first-order valence-electron chi connectivity index (χ1n) is 5.19. The van der Waals surface area contributed by atoms with E-state index in [0.29, 0.717) is 27.1 Å². The van der Waals surface area contributed by atoms with Gasteiger partial charge in [0.15, 0.2) is 0 Å². The number of rotatable bonds is 3. The minimum atomic E-state index is 0.236. The molecular formula is C13H8BrCl2NOS. The van der Waals surface area contributed by atoms with Gasteiger partial charge in [-0.2, -0.15) is 0 Å². The molecule has 0 saturated carbocycles. The first-order chi connectivity index (χ1) is 8.97. The average Bonchev–Trinajstić information content (AvgIpc) is 2.32. The predicted octanol–water partition coefficient (Wildman–Crippen LogP) is 5.18. The van der Waals surface area contributed by atoms with Crippen molar-refractivity contribution >= 4 is 56.3 Å². The summed E-state index contributed by atoms with van der Waals surface area (Å²) in [4.78, 5) is 0.236. The molecule has 19 heavy (non-hydrogen) atoms. The first-order valence-corrected chi connectivity index (χ1v) is 7.15. The van der Waals surface area contributed by atoms with Crippen LogP contribution in [0.1, 0.15) is 5.56 Å². The van der Waals surface area contributed by atoms with Gasteiger partial charge in [0.25, 0.3) is 0 Å². The number of nitrogens with two attached hydrogens (primary N) is 1. The SMILES string of the molecule is NC(=S)c1ccc(Cl)cc1Oc1ccc(Br)cc1Cl. The van der Waals surface area contributed by atoms with Crippen molar-refractivity contribution in [2.45, 2.75) is 0 Å². The fraction of sp³-hybridized carbons (Fsp3) is 0. The van der Waals surface area contributed by atoms with Crippen molar-refractivity contribution in [1.82, 2.24) is 0 Å². The van der Waals surface area contributed by atoms with E-state index >= 15 is 0 Å². The third-order valence-corrected chi connectivity index (χ3v) is 3.57. The first kappa shape index (κ1) is 14.6. The summed E-state index contributed by atoms with van der Waals surface area (Å²) < 4.78 is 6.60. The van der Waals surface area contributed by atoms with Gasteiger partial charge in [0.2, 0.25) is 0 Å². The van der Waals surface area contributed by atoms with E-state index in [1.807, 2.05) is 6.07 Å². The third-order valence-electron chi connectivity index (χ3n) is 2.32. The summed E-state index contributed by atoms with van der Waals surface area (Å²) in [6.07, 6.45) is 0. The van der Waals surface area contributed by atoms with Crippen LogP contribution in [0, 0.1) is 0 Å². The molecule has 0 heterocycles. The van der Waals surface area contributed by atoms with Gasteiger partial charge < -0.3 is 10.5 Å². The monoisotopic (exact) mass is 375 g/mol. The molecule has 0 fully saturated rings. The summed E-state index contributed by atoms with van der Waals surface area (Å²) in [6, 6.07) is 10.4. The fourth-order valence-electron chi connectivity index (χ4n) is 1.46. The summed E-state index contributed by atoms with van der Waals surface area (Å²) in [6.45, 7) is 0. The van der Waals surface area contributed by atoms with Crippen molar-refractivity contribution in [2.24, 2.45) is 5.73 Å². The molecule has 2 N–H and O–H groups in total. The zero-order valence-corrected chi connectivity index (χ0v) is 13.4. The van der Waals surface area contributed by atoms with E-state index in [9.17, 15) is 0 Å². The molecule has 0 amide bonds. The van der Waals surface area contributed by atoms with Gasteiger partial charge in [-0.05, 0) is 30.3 Å². The minimum absolute atomic E-state index is 0.236. The summed E-state index contributed by atoms with van der Waals surface area (Å²) in [7, 11) is 0. The van der Waals surface area contributed by atoms with Crippen molar-refractivity contribution < 1.29 is 4.74 Å². The molecule has 0 spiro atoms. The zero-order chi connectivity index (χ0) is 14.0. The van der Waals surface area contributed by atoms with E-state index in [4.69, 9.17) is 45.9 Å². The lowest BCUT2D eigenvalue weighted by molar-refractivity contribution is 0.482. The van der Waals surface area contributed by atoms with E-state index in [-0.39, 0.29) is 4.99 Å². The second-order valence-electron chi connectivity index (χ2n) is 3.68. The molecule has 2 nitrogen and oxygen atoms in total. The molecular weight excluding hydrogens is 369 g/mol. The highest BCUT2D eigenvalue weighted by Crippen LogP contribution is 2.34. The normalized spacial score (nSPS) is 10.3. The molecule has 6 heteroatoms. The van der Waals surface area contributed by atoms with Gasteiger partial charge in [-0.1, -0.05) is 51.3 Å². The highest BCUT2D eigenvalue weighted by molar-refractivity contribution is 9.10. The molecule has 0 saturated heterocycles. The van der Waals surface area contributed by atoms with Crippen LogP contribution in [0.25, 0.3) is 0 Å². The van der Waals surface area contributed by atoms with E-state index in [0.717, 1.165) is 4.47 Å². The Labute approximate surface area is 134 Å². The lowest BCUT2D eigenvalue weighted by atomic mass is 10.2. The predicted molar refractivity (Wildman–Crippen MR) is 86.6 cm³/mol. The molecule has 0 bridgehead atoms. The Morgan fingerprint density at radius 3 is 2.47 bits per heavy atom. The van der Waals surface area contributed by atoms with Crippen molar-refractivity contribution in [2.75, 3.05) is 0 Å². The number of thiocarbonyl (C=S) groups is 1. The van der Waals surface area contributed by atoms with E-state index < -0.39 is 0 Å². The van der Waals surface area contributed by atoms with Crippen LogP contribution in [0.2, 0.25) is 10.0 Å². The average molecular weight is 377 g/mol. The quantitative estimate of drug-likeness (QED) is 0.749. The summed E-state index contributed by atoms with van der Waals surface area (Å²) in [5.41, 5.74) is 6.26. The van der Waals surface area contributed by atoms with Crippen LogP contribution in [0.4, 0.5) is 0 Å². The lowest BCUT2D eigenvalue weighted by Crippen LogP contribution is -2.10. The van der Waals surface area contributed by atoms with Gasteiger partial charge in [0.1, 0.15) is 16.5 Å². The maximum Gasteiger partial charge on any atom is 0.146 e. The molecule has 0 aliphatic rings. The summed E-state index contributed by atoms with van der Waals surface area (Å²) in [5, 5.41) is 1.01. The second-order valence-corrected chi connectivity index (χ2v) is 5.88. The van der Waals surface area contributed by atoms with Crippen LogP contribution in [0.15, 0.2) is 40.9 Å². The Bertz CT molecular complexity index is 649. The van der Waals surface area contributed by atoms with Crippen LogP contribution in [0.5, 0.6) is 11.5 Å². The van der Waals surface area contributed by atoms with Crippen molar-refractivity contribution in [3.05, 3.63) is 56.5 Å². The van der Waals surface area contributed by atoms with Crippen LogP contribution >= 0.6 is 51.3 Å². The maximum atomic E-state index is 6.10. The minimum Gasteiger partial charge on any atom is -0.455 e. The molecule has 0 radical (unpaired) electrons. The standard InChI is InChI=1S/C13H8BrCl2NOS/c14-7-1-4-11(10(16)5-7)18-12-6-8(15)2-3-9(12)13(17)19/h1-6H,(H2,17,19). The van der Waals surface area contributed by atoms with Gasteiger partial charge in [0, 0.05) is 15.6 Å². The van der Waals surface area contributed by atoms with Gasteiger partial charge in [-0.15, -0.1) is 0 Å². The number of halogens is 3. The van der Waals surface area contributed by atoms with E-state index in [1.165, 1.54) is 0 Å². The highest BCUT2D eigenvalue weighted by Gasteiger charge is 2.10. The molecule has 2 aromatic rings. The Kier molecular flexibility index (Phi) is 4.68. The molecule has 2 aromatic carbocycles. The largest absolute Gasteiger partial charge is 0.455 e. The summed E-state index contributed by atoms with van der Waals surface area (Å²) >= 11 is 20.4. The van der Waals surface area contributed by atoms with E-state index in [1.54, 1.807) is 30.3 Å². The lowest BCUT2D eigenvalue weighted by Gasteiger charge is -2.12. The van der Waals surface area contributed by atoms with Gasteiger partial charge in [0.05, 0.1) is 10.6 Å². The van der Waals surface area contributed by atoms with E-state index in [2.05, 4.69) is 15.9 Å². The van der Waals surface area contributed by atoms with Crippen molar-refractivity contribution in [3.63, 3.8) is 0 Å². The molecule has 0 unspecified atom stereocenters. The fourth-order valence-corrected chi connectivity index (χ4v) is 2.50. The molecule has 2 rings (SSSR count). The molecule has 0 atom stereocenters. The Balaban J connectivity index is 2.42. The van der Waals surface area contributed by atoms with Gasteiger partial charge in [-0.25, -0.2) is 0 Å². The van der Waals surface area contributed by atoms with Gasteiger partial charge in [-0.3, -0.25) is 0 Å². The molecule has 0 aliphatic carbocycles. The Morgan fingerprint density at radius 1 is 1.11 bits per heavy atom. The maximum absolute atomic E-state index is 6.10. The van der Waals surface area contributed by atoms with Crippen LogP contribution in [-0.4, -0.2) is 4.99 Å². The topological polar surface area (TPSA) is 35.2 Å². The van der Waals surface area contributed by atoms with Crippen molar-refractivity contribution in [3.8, 4) is 11.5 Å². The third kappa shape index (κ3) is 3.60. The second kappa shape index (κ2) is 6.09. The highest BCUT2D eigenvalue weighted by atomic mass is 79.9. The van der Waals surface area contributed by atoms with Gasteiger partial charge >= 0.3 is 0 Å². The Morgan fingerprint density at radius 2 is 1.84 bits per heavy atom. The number of ether oxygens (including phenoxy) is 1. The van der Waals surface area contributed by atoms with Crippen molar-refractivity contribution in [1.29, 1.82) is 0 Å². The Hall–Kier alpha value is -0.810. The van der Waals surface area contributed by atoms with Crippen LogP contribution in [0.3, 0.4) is 0 Å². The van der Waals surface area contributed by atoms with Crippen LogP contribution in [-0.2, 0) is 0 Å². The zero-order valence-electron chi connectivity index (χ0n) is 9.49. The smallest absolute Gasteiger partial charge is 0.146 e. The molecule has 0 aliphatic heterocycles. The summed E-state index contributed by atoms with van der Waals surface area (Å²) in [5.74, 6) is 0.980. The number of hydrogen-bond donors (Lipinski definition) is 1.